The van der Waals surface area contributed by atoms with Gasteiger partial charge in [-0.2, -0.15) is 5.26 Å². The van der Waals surface area contributed by atoms with Gasteiger partial charge >= 0.3 is 0 Å². The van der Waals surface area contributed by atoms with Crippen LogP contribution in [0, 0.1) is 11.3 Å². The molecule has 0 N–H and O–H groups in total. The van der Waals surface area contributed by atoms with Crippen molar-refractivity contribution in [3.63, 3.8) is 0 Å². The van der Waals surface area contributed by atoms with E-state index in [9.17, 15) is 5.26 Å². The summed E-state index contributed by atoms with van der Waals surface area (Å²) < 4.78 is 10.8. The first-order valence-electron chi connectivity index (χ1n) is 6.65. The van der Waals surface area contributed by atoms with E-state index in [0.717, 1.165) is 11.3 Å². The Morgan fingerprint density at radius 1 is 1.14 bits per heavy atom. The highest BCUT2D eigenvalue weighted by Gasteiger charge is 2.11. The van der Waals surface area contributed by atoms with Crippen LogP contribution in [0.5, 0.6) is 11.5 Å². The molecular formula is C17H16ClNO2. The van der Waals surface area contributed by atoms with Gasteiger partial charge in [-0.1, -0.05) is 29.8 Å². The van der Waals surface area contributed by atoms with Crippen molar-refractivity contribution >= 4 is 11.6 Å². The van der Waals surface area contributed by atoms with E-state index in [1.807, 2.05) is 36.4 Å². The average molecular weight is 302 g/mol. The molecule has 0 heterocycles. The van der Waals surface area contributed by atoms with Crippen LogP contribution in [0.2, 0.25) is 5.02 Å². The Balaban J connectivity index is 1.95. The number of halogens is 1. The first-order valence-corrected chi connectivity index (χ1v) is 7.02. The minimum atomic E-state index is -0.223. The minimum absolute atomic E-state index is 0.223. The third kappa shape index (κ3) is 4.40. The highest BCUT2D eigenvalue weighted by Crippen LogP contribution is 2.24. The summed E-state index contributed by atoms with van der Waals surface area (Å²) in [7, 11) is 1.61. The lowest BCUT2D eigenvalue weighted by Gasteiger charge is -2.12. The lowest BCUT2D eigenvalue weighted by molar-refractivity contribution is 0.306. The van der Waals surface area contributed by atoms with E-state index >= 15 is 0 Å². The van der Waals surface area contributed by atoms with Crippen molar-refractivity contribution < 1.29 is 9.47 Å². The zero-order valence-corrected chi connectivity index (χ0v) is 12.5. The Morgan fingerprint density at radius 2 is 1.90 bits per heavy atom. The third-order valence-corrected chi connectivity index (χ3v) is 3.36. The summed E-state index contributed by atoms with van der Waals surface area (Å²) in [4.78, 5) is 0. The van der Waals surface area contributed by atoms with Crippen molar-refractivity contribution in [1.29, 1.82) is 5.26 Å². The number of hydrogen-bond donors (Lipinski definition) is 0. The Morgan fingerprint density at radius 3 is 2.62 bits per heavy atom. The van der Waals surface area contributed by atoms with Gasteiger partial charge in [0, 0.05) is 11.4 Å². The molecule has 0 saturated carbocycles. The maximum absolute atomic E-state index is 9.32. The summed E-state index contributed by atoms with van der Waals surface area (Å²) in [5.74, 6) is 1.24. The quantitative estimate of drug-likeness (QED) is 0.793. The summed E-state index contributed by atoms with van der Waals surface area (Å²) in [5, 5.41) is 9.95. The molecule has 1 unspecified atom stereocenters. The second-order valence-corrected chi connectivity index (χ2v) is 4.99. The summed E-state index contributed by atoms with van der Waals surface area (Å²) in [6.45, 7) is 0.454. The van der Waals surface area contributed by atoms with E-state index in [2.05, 4.69) is 6.07 Å². The molecule has 2 aromatic carbocycles. The van der Waals surface area contributed by atoms with Crippen LogP contribution in [-0.4, -0.2) is 13.7 Å². The highest BCUT2D eigenvalue weighted by molar-refractivity contribution is 6.30. The van der Waals surface area contributed by atoms with Gasteiger partial charge in [0.1, 0.15) is 11.5 Å². The standard InChI is InChI=1S/C17H16ClNO2/c1-20-16-6-2-4-13(10-16)14(12-19)8-9-21-17-7-3-5-15(18)11-17/h2-7,10-11,14H,8-9H2,1H3. The molecule has 0 aromatic heterocycles. The molecule has 0 aliphatic heterocycles. The molecule has 0 bridgehead atoms. The van der Waals surface area contributed by atoms with E-state index in [1.165, 1.54) is 0 Å². The summed E-state index contributed by atoms with van der Waals surface area (Å²) in [6.07, 6.45) is 0.607. The van der Waals surface area contributed by atoms with E-state index in [0.29, 0.717) is 23.8 Å². The Kier molecular flexibility index (Phi) is 5.48. The molecule has 108 valence electrons. The van der Waals surface area contributed by atoms with Crippen LogP contribution in [0.3, 0.4) is 0 Å². The number of nitrogens with zero attached hydrogens (tertiary/aromatic N) is 1. The lowest BCUT2D eigenvalue weighted by Crippen LogP contribution is -2.04. The molecule has 0 radical (unpaired) electrons. The van der Waals surface area contributed by atoms with Gasteiger partial charge in [-0.15, -0.1) is 0 Å². The molecule has 0 aliphatic carbocycles. The predicted octanol–water partition coefficient (Wildman–Crippen LogP) is 4.42. The molecule has 0 amide bonds. The molecule has 2 aromatic rings. The van der Waals surface area contributed by atoms with Crippen LogP contribution in [-0.2, 0) is 0 Å². The fraction of sp³-hybridized carbons (Fsp3) is 0.235. The van der Waals surface area contributed by atoms with Gasteiger partial charge < -0.3 is 9.47 Å². The van der Waals surface area contributed by atoms with Crippen LogP contribution >= 0.6 is 11.6 Å². The van der Waals surface area contributed by atoms with Crippen LogP contribution < -0.4 is 9.47 Å². The average Bonchev–Trinajstić information content (AvgIpc) is 2.52. The topological polar surface area (TPSA) is 42.2 Å². The van der Waals surface area contributed by atoms with Crippen molar-refractivity contribution in [2.45, 2.75) is 12.3 Å². The van der Waals surface area contributed by atoms with E-state index < -0.39 is 0 Å². The lowest BCUT2D eigenvalue weighted by atomic mass is 9.97. The normalized spacial score (nSPS) is 11.5. The molecule has 3 nitrogen and oxygen atoms in total. The van der Waals surface area contributed by atoms with Crippen LogP contribution in [0.1, 0.15) is 17.9 Å². The van der Waals surface area contributed by atoms with Gasteiger partial charge in [-0.3, -0.25) is 0 Å². The Labute approximate surface area is 129 Å². The maximum atomic E-state index is 9.32. The monoisotopic (exact) mass is 301 g/mol. The largest absolute Gasteiger partial charge is 0.497 e. The second-order valence-electron chi connectivity index (χ2n) is 4.55. The van der Waals surface area contributed by atoms with Gasteiger partial charge in [0.05, 0.1) is 25.7 Å². The van der Waals surface area contributed by atoms with Crippen LogP contribution in [0.15, 0.2) is 48.5 Å². The summed E-state index contributed by atoms with van der Waals surface area (Å²) in [6, 6.07) is 17.1. The minimum Gasteiger partial charge on any atom is -0.497 e. The van der Waals surface area contributed by atoms with Crippen LogP contribution in [0.4, 0.5) is 0 Å². The molecule has 0 saturated heterocycles. The molecule has 0 fully saturated rings. The maximum Gasteiger partial charge on any atom is 0.120 e. The Bertz CT molecular complexity index is 637. The van der Waals surface area contributed by atoms with Gasteiger partial charge in [-0.05, 0) is 35.9 Å². The smallest absolute Gasteiger partial charge is 0.120 e. The van der Waals surface area contributed by atoms with Gasteiger partial charge in [0.25, 0.3) is 0 Å². The Hall–Kier alpha value is -2.18. The number of methoxy groups -OCH3 is 1. The number of rotatable bonds is 6. The van der Waals surface area contributed by atoms with E-state index in [-0.39, 0.29) is 5.92 Å². The molecule has 1 atom stereocenters. The number of benzene rings is 2. The zero-order chi connectivity index (χ0) is 15.1. The van der Waals surface area contributed by atoms with Gasteiger partial charge in [-0.25, -0.2) is 0 Å². The molecule has 21 heavy (non-hydrogen) atoms. The number of ether oxygens (including phenoxy) is 2. The van der Waals surface area contributed by atoms with Crippen molar-refractivity contribution in [3.05, 3.63) is 59.1 Å². The summed E-state index contributed by atoms with van der Waals surface area (Å²) >= 11 is 5.90. The van der Waals surface area contributed by atoms with E-state index in [4.69, 9.17) is 21.1 Å². The van der Waals surface area contributed by atoms with Crippen molar-refractivity contribution in [2.75, 3.05) is 13.7 Å². The first kappa shape index (κ1) is 15.2. The SMILES string of the molecule is COc1cccc(C(C#N)CCOc2cccc(Cl)c2)c1. The molecule has 0 spiro atoms. The molecule has 4 heteroatoms. The fourth-order valence-corrected chi connectivity index (χ4v) is 2.20. The third-order valence-electron chi connectivity index (χ3n) is 3.12. The first-order chi connectivity index (χ1) is 10.2. The van der Waals surface area contributed by atoms with Crippen molar-refractivity contribution in [1.82, 2.24) is 0 Å². The molecule has 2 rings (SSSR count). The van der Waals surface area contributed by atoms with Gasteiger partial charge in [0.2, 0.25) is 0 Å². The zero-order valence-electron chi connectivity index (χ0n) is 11.8. The van der Waals surface area contributed by atoms with Crippen molar-refractivity contribution in [3.8, 4) is 17.6 Å². The van der Waals surface area contributed by atoms with E-state index in [1.54, 1.807) is 19.2 Å². The van der Waals surface area contributed by atoms with Gasteiger partial charge in [0.15, 0.2) is 0 Å². The molecular weight excluding hydrogens is 286 g/mol. The second kappa shape index (κ2) is 7.56. The molecule has 0 aliphatic rings. The summed E-state index contributed by atoms with van der Waals surface area (Å²) in [5.41, 5.74) is 0.937. The van der Waals surface area contributed by atoms with Crippen LogP contribution in [0.25, 0.3) is 0 Å². The predicted molar refractivity (Wildman–Crippen MR) is 82.9 cm³/mol. The number of nitriles is 1. The fourth-order valence-electron chi connectivity index (χ4n) is 2.02. The van der Waals surface area contributed by atoms with Crippen molar-refractivity contribution in [2.24, 2.45) is 0 Å². The number of hydrogen-bond acceptors (Lipinski definition) is 3. The highest BCUT2D eigenvalue weighted by atomic mass is 35.5.